The van der Waals surface area contributed by atoms with Gasteiger partial charge in [0.2, 0.25) is 0 Å². The second-order valence-corrected chi connectivity index (χ2v) is 9.40. The van der Waals surface area contributed by atoms with Crippen LogP contribution in [0.3, 0.4) is 0 Å². The van der Waals surface area contributed by atoms with Crippen molar-refractivity contribution in [3.63, 3.8) is 0 Å². The van der Waals surface area contributed by atoms with Gasteiger partial charge in [0, 0.05) is 5.75 Å². The molecule has 0 spiro atoms. The first-order chi connectivity index (χ1) is 12.2. The van der Waals surface area contributed by atoms with E-state index >= 15 is 0 Å². The Morgan fingerprint density at radius 2 is 0.963 bits per heavy atom. The van der Waals surface area contributed by atoms with E-state index in [1.807, 2.05) is 0 Å². The molecule has 4 nitrogen and oxygen atoms in total. The van der Waals surface area contributed by atoms with E-state index in [0.717, 1.165) is 19.3 Å². The second-order valence-electron chi connectivity index (χ2n) is 7.88. The molecule has 0 unspecified atom stereocenters. The number of unbranched alkanes of at least 4 members (excludes halogenated alkanes) is 8. The first-order valence-electron chi connectivity index (χ1n) is 11.0. The Kier molecular flexibility index (Phi) is 23.9. The van der Waals surface area contributed by atoms with Gasteiger partial charge in [-0.2, -0.15) is 0 Å². The third-order valence-electron chi connectivity index (χ3n) is 4.90. The first kappa shape index (κ1) is 31.5. The quantitative estimate of drug-likeness (QED) is 0.180. The number of nitrogens with zero attached hydrogens (tertiary/aromatic N) is 1. The van der Waals surface area contributed by atoms with Crippen molar-refractivity contribution in [3.8, 4) is 0 Å². The standard InChI is InChI=1S/C13H30N.C8H18O3S.FH/c1-5-8-11-14(4,12-9-6-2)13-10-7-3;1-2-3-4-5-6-7-8-12(9,10)11;/h5-13H2,1-4H3;2-8H2,1H3,(H,9,10,11);1H/q+1;;/p-1. The van der Waals surface area contributed by atoms with Gasteiger partial charge in [0.05, 0.1) is 36.8 Å². The van der Waals surface area contributed by atoms with Gasteiger partial charge in [-0.25, -0.2) is 8.42 Å². The fourth-order valence-electron chi connectivity index (χ4n) is 3.01. The normalized spacial score (nSPS) is 11.5. The first-order valence-corrected chi connectivity index (χ1v) is 12.6. The predicted molar refractivity (Wildman–Crippen MR) is 116 cm³/mol. The summed E-state index contributed by atoms with van der Waals surface area (Å²) in [6, 6.07) is 0. The molecule has 27 heavy (non-hydrogen) atoms. The van der Waals surface area contributed by atoms with E-state index < -0.39 is 10.1 Å². The molecule has 0 aromatic carbocycles. The molecule has 0 aliphatic carbocycles. The topological polar surface area (TPSA) is 57.2 Å². The van der Waals surface area contributed by atoms with E-state index in [9.17, 15) is 13.0 Å². The summed E-state index contributed by atoms with van der Waals surface area (Å²) in [4.78, 5) is 0. The third-order valence-corrected chi connectivity index (χ3v) is 5.69. The van der Waals surface area contributed by atoms with Crippen molar-refractivity contribution < 1.29 is 22.2 Å². The van der Waals surface area contributed by atoms with Gasteiger partial charge in [-0.3, -0.25) is 4.70 Å². The molecular weight excluding hydrogens is 365 g/mol. The summed E-state index contributed by atoms with van der Waals surface area (Å²) in [6.07, 6.45) is 14.2. The minimum absolute atomic E-state index is 0. The van der Waals surface area contributed by atoms with Crippen LogP contribution in [0, 0.1) is 0 Å². The molecule has 0 N–H and O–H groups in total. The largest absolute Gasteiger partial charge is 0.748 e. The summed E-state index contributed by atoms with van der Waals surface area (Å²) < 4.78 is 31.8. The summed E-state index contributed by atoms with van der Waals surface area (Å²) in [5.41, 5.74) is 0. The van der Waals surface area contributed by atoms with Crippen molar-refractivity contribution in [2.24, 2.45) is 0 Å². The van der Waals surface area contributed by atoms with E-state index in [4.69, 9.17) is 0 Å². The molecule has 168 valence electrons. The Morgan fingerprint density at radius 1 is 0.630 bits per heavy atom. The van der Waals surface area contributed by atoms with Crippen molar-refractivity contribution in [2.75, 3.05) is 32.4 Å². The van der Waals surface area contributed by atoms with Crippen molar-refractivity contribution in [1.29, 1.82) is 0 Å². The summed E-state index contributed by atoms with van der Waals surface area (Å²) in [6.45, 7) is 13.2. The summed E-state index contributed by atoms with van der Waals surface area (Å²) in [5, 5.41) is 0. The molecule has 0 aromatic heterocycles. The molecule has 0 heterocycles. The van der Waals surface area contributed by atoms with Crippen LogP contribution in [0.1, 0.15) is 105 Å². The van der Waals surface area contributed by atoms with Gasteiger partial charge in [-0.05, 0) is 25.7 Å². The van der Waals surface area contributed by atoms with Gasteiger partial charge in [-0.15, -0.1) is 0 Å². The lowest BCUT2D eigenvalue weighted by Crippen LogP contribution is -2.46. The van der Waals surface area contributed by atoms with Crippen LogP contribution in [0.15, 0.2) is 0 Å². The van der Waals surface area contributed by atoms with Crippen LogP contribution in [-0.4, -0.2) is 49.9 Å². The van der Waals surface area contributed by atoms with Crippen LogP contribution in [0.4, 0.5) is 4.70 Å². The highest BCUT2D eigenvalue weighted by Gasteiger charge is 2.18. The molecule has 0 rings (SSSR count). The maximum absolute atomic E-state index is 10.2. The third kappa shape index (κ3) is 25.8. The number of halogens is 1. The van der Waals surface area contributed by atoms with Crippen LogP contribution in [0.2, 0.25) is 0 Å². The van der Waals surface area contributed by atoms with Gasteiger partial charge in [0.1, 0.15) is 0 Å². The molecular formula is C21H48FNO3S. The van der Waals surface area contributed by atoms with Gasteiger partial charge in [-0.1, -0.05) is 79.1 Å². The van der Waals surface area contributed by atoms with Crippen LogP contribution in [0.25, 0.3) is 0 Å². The summed E-state index contributed by atoms with van der Waals surface area (Å²) in [7, 11) is -1.52. The van der Waals surface area contributed by atoms with Gasteiger partial charge >= 0.3 is 0 Å². The highest BCUT2D eigenvalue weighted by Crippen LogP contribution is 2.10. The van der Waals surface area contributed by atoms with Crippen LogP contribution in [0.5, 0.6) is 0 Å². The zero-order chi connectivity index (χ0) is 20.3. The van der Waals surface area contributed by atoms with E-state index in [1.165, 1.54) is 75.5 Å². The van der Waals surface area contributed by atoms with Crippen LogP contribution >= 0.6 is 0 Å². The predicted octanol–water partition coefficient (Wildman–Crippen LogP) is 5.88. The van der Waals surface area contributed by atoms with Crippen LogP contribution in [-0.2, 0) is 10.1 Å². The smallest absolute Gasteiger partial charge is 0.0945 e. The Hall–Kier alpha value is -0.200. The fourth-order valence-corrected chi connectivity index (χ4v) is 3.57. The molecule has 0 aromatic rings. The van der Waals surface area contributed by atoms with Crippen LogP contribution < -0.4 is 0 Å². The minimum atomic E-state index is -3.97. The van der Waals surface area contributed by atoms with Crippen molar-refractivity contribution in [2.45, 2.75) is 105 Å². The SMILES string of the molecule is CCCCCCCCS(=O)(=O)[O-].CCCC[N+](C)(CCCC)CCCC.F. The van der Waals surface area contributed by atoms with Crippen molar-refractivity contribution >= 4 is 10.1 Å². The van der Waals surface area contributed by atoms with E-state index in [2.05, 4.69) is 34.7 Å². The molecule has 0 radical (unpaired) electrons. The number of hydrogen-bond acceptors (Lipinski definition) is 3. The Bertz CT molecular complexity index is 367. The average Bonchev–Trinajstić information content (AvgIpc) is 2.59. The average molecular weight is 414 g/mol. The highest BCUT2D eigenvalue weighted by molar-refractivity contribution is 7.85. The molecule has 0 atom stereocenters. The maximum atomic E-state index is 10.2. The van der Waals surface area contributed by atoms with Crippen molar-refractivity contribution in [1.82, 2.24) is 0 Å². The van der Waals surface area contributed by atoms with Gasteiger partial charge in [0.15, 0.2) is 0 Å². The molecule has 0 aliphatic heterocycles. The highest BCUT2D eigenvalue weighted by atomic mass is 32.2. The number of quaternary nitrogens is 1. The zero-order valence-corrected chi connectivity index (χ0v) is 19.6. The molecule has 0 saturated carbocycles. The summed E-state index contributed by atoms with van der Waals surface area (Å²) in [5.74, 6) is -0.195. The molecule has 0 saturated heterocycles. The molecule has 0 fully saturated rings. The Morgan fingerprint density at radius 3 is 1.30 bits per heavy atom. The van der Waals surface area contributed by atoms with E-state index in [0.29, 0.717) is 6.42 Å². The zero-order valence-electron chi connectivity index (χ0n) is 18.8. The minimum Gasteiger partial charge on any atom is -0.748 e. The monoisotopic (exact) mass is 413 g/mol. The van der Waals surface area contributed by atoms with E-state index in [-0.39, 0.29) is 10.5 Å². The van der Waals surface area contributed by atoms with E-state index in [1.54, 1.807) is 0 Å². The van der Waals surface area contributed by atoms with Crippen molar-refractivity contribution in [3.05, 3.63) is 0 Å². The lowest BCUT2D eigenvalue weighted by atomic mass is 10.1. The lowest BCUT2D eigenvalue weighted by Gasteiger charge is -2.34. The van der Waals surface area contributed by atoms with Gasteiger partial charge in [0.25, 0.3) is 0 Å². The Labute approximate surface area is 169 Å². The molecule has 6 heteroatoms. The number of rotatable bonds is 16. The maximum Gasteiger partial charge on any atom is 0.0945 e. The lowest BCUT2D eigenvalue weighted by molar-refractivity contribution is -0.910. The fraction of sp³-hybridized carbons (Fsp3) is 1.00. The second kappa shape index (κ2) is 20.5. The molecule has 0 amide bonds. The molecule has 0 aliphatic rings. The number of hydrogen-bond donors (Lipinski definition) is 0. The Balaban J connectivity index is -0.000000416. The summed E-state index contributed by atoms with van der Waals surface area (Å²) >= 11 is 0. The van der Waals surface area contributed by atoms with Gasteiger partial charge < -0.3 is 9.04 Å². The molecule has 0 bridgehead atoms.